The monoisotopic (exact) mass is 388 g/mol. The number of rotatable bonds is 4. The Kier molecular flexibility index (Phi) is 4.98. The summed E-state index contributed by atoms with van der Waals surface area (Å²) >= 11 is 15.7. The molecule has 2 heterocycles. The van der Waals surface area contributed by atoms with Crippen LogP contribution in [0.2, 0.25) is 8.67 Å². The molecule has 124 valence electrons. The van der Waals surface area contributed by atoms with Gasteiger partial charge < -0.3 is 9.47 Å². The molecule has 0 radical (unpaired) electrons. The summed E-state index contributed by atoms with van der Waals surface area (Å²) in [6.07, 6.45) is 3.17. The van der Waals surface area contributed by atoms with Crippen LogP contribution in [-0.2, 0) is 0 Å². The van der Waals surface area contributed by atoms with Gasteiger partial charge in [-0.1, -0.05) is 45.9 Å². The first-order valence-electron chi connectivity index (χ1n) is 7.38. The SMILES string of the molecule is COc1sc(Cl)c(C)c1C1=C(c2c(OC)sc(Cl)c2C)CCC1. The average Bonchev–Trinajstić information content (AvgIpc) is 3.18. The number of methoxy groups -OCH3 is 2. The van der Waals surface area contributed by atoms with E-state index in [4.69, 9.17) is 32.7 Å². The molecular formula is C17H18Cl2O2S2. The lowest BCUT2D eigenvalue weighted by Crippen LogP contribution is -1.93. The minimum absolute atomic E-state index is 0.794. The maximum Gasteiger partial charge on any atom is 0.182 e. The van der Waals surface area contributed by atoms with Crippen LogP contribution in [0.3, 0.4) is 0 Å². The van der Waals surface area contributed by atoms with Crippen LogP contribution < -0.4 is 9.47 Å². The Labute approximate surface area is 154 Å². The van der Waals surface area contributed by atoms with Gasteiger partial charge in [0.25, 0.3) is 0 Å². The van der Waals surface area contributed by atoms with Gasteiger partial charge in [0.05, 0.1) is 14.2 Å². The van der Waals surface area contributed by atoms with Gasteiger partial charge in [0.1, 0.15) is 8.67 Å². The zero-order valence-corrected chi connectivity index (χ0v) is 16.7. The van der Waals surface area contributed by atoms with E-state index < -0.39 is 0 Å². The van der Waals surface area contributed by atoms with Crippen molar-refractivity contribution in [2.45, 2.75) is 33.1 Å². The average molecular weight is 389 g/mol. The third-order valence-corrected chi connectivity index (χ3v) is 7.42. The Morgan fingerprint density at radius 3 is 1.52 bits per heavy atom. The van der Waals surface area contributed by atoms with Crippen LogP contribution in [0.5, 0.6) is 10.1 Å². The summed E-state index contributed by atoms with van der Waals surface area (Å²) in [5.74, 6) is 0. The van der Waals surface area contributed by atoms with E-state index in [1.54, 1.807) is 14.2 Å². The van der Waals surface area contributed by atoms with Gasteiger partial charge >= 0.3 is 0 Å². The molecule has 1 aliphatic carbocycles. The van der Waals surface area contributed by atoms with E-state index in [0.717, 1.165) is 60.3 Å². The van der Waals surface area contributed by atoms with E-state index in [9.17, 15) is 0 Å². The van der Waals surface area contributed by atoms with Gasteiger partial charge in [-0.05, 0) is 55.4 Å². The molecule has 0 aliphatic heterocycles. The van der Waals surface area contributed by atoms with Crippen molar-refractivity contribution >= 4 is 57.0 Å². The molecule has 0 spiro atoms. The summed E-state index contributed by atoms with van der Waals surface area (Å²) in [6.45, 7) is 4.12. The predicted molar refractivity (Wildman–Crippen MR) is 102 cm³/mol. The Morgan fingerprint density at radius 2 is 1.17 bits per heavy atom. The molecule has 2 nitrogen and oxygen atoms in total. The lowest BCUT2D eigenvalue weighted by molar-refractivity contribution is 0.425. The van der Waals surface area contributed by atoms with Crippen LogP contribution in [0, 0.1) is 13.8 Å². The van der Waals surface area contributed by atoms with Gasteiger partial charge in [0.2, 0.25) is 0 Å². The van der Waals surface area contributed by atoms with E-state index in [0.29, 0.717) is 0 Å². The molecule has 2 aromatic rings. The molecule has 0 amide bonds. The number of allylic oxidation sites excluding steroid dienone is 2. The number of hydrogen-bond donors (Lipinski definition) is 0. The topological polar surface area (TPSA) is 18.5 Å². The minimum atomic E-state index is 0.794. The highest BCUT2D eigenvalue weighted by Crippen LogP contribution is 2.53. The second kappa shape index (κ2) is 6.67. The lowest BCUT2D eigenvalue weighted by Gasteiger charge is -2.11. The van der Waals surface area contributed by atoms with E-state index >= 15 is 0 Å². The van der Waals surface area contributed by atoms with Gasteiger partial charge in [-0.15, -0.1) is 0 Å². The molecule has 0 bridgehead atoms. The highest BCUT2D eigenvalue weighted by atomic mass is 35.5. The zero-order chi connectivity index (χ0) is 16.7. The molecule has 0 saturated carbocycles. The van der Waals surface area contributed by atoms with Crippen molar-refractivity contribution in [1.29, 1.82) is 0 Å². The fourth-order valence-electron chi connectivity index (χ4n) is 3.20. The maximum atomic E-state index is 6.35. The van der Waals surface area contributed by atoms with Crippen molar-refractivity contribution in [2.24, 2.45) is 0 Å². The number of halogens is 2. The van der Waals surface area contributed by atoms with Crippen LogP contribution in [0.4, 0.5) is 0 Å². The summed E-state index contributed by atoms with van der Waals surface area (Å²) < 4.78 is 12.7. The van der Waals surface area contributed by atoms with Gasteiger partial charge in [0, 0.05) is 11.1 Å². The largest absolute Gasteiger partial charge is 0.487 e. The number of hydrogen-bond acceptors (Lipinski definition) is 4. The smallest absolute Gasteiger partial charge is 0.182 e. The van der Waals surface area contributed by atoms with Crippen molar-refractivity contribution in [3.8, 4) is 10.1 Å². The molecule has 0 aromatic carbocycles. The van der Waals surface area contributed by atoms with Gasteiger partial charge in [0.15, 0.2) is 10.1 Å². The Morgan fingerprint density at radius 1 is 0.783 bits per heavy atom. The third kappa shape index (κ3) is 2.80. The summed E-state index contributed by atoms with van der Waals surface area (Å²) in [6, 6.07) is 0. The molecule has 2 aromatic heterocycles. The minimum Gasteiger partial charge on any atom is -0.487 e. The Bertz CT molecular complexity index is 723. The van der Waals surface area contributed by atoms with Crippen molar-refractivity contribution in [3.63, 3.8) is 0 Å². The molecule has 23 heavy (non-hydrogen) atoms. The lowest BCUT2D eigenvalue weighted by atomic mass is 9.96. The van der Waals surface area contributed by atoms with E-state index in [1.807, 2.05) is 0 Å². The maximum absolute atomic E-state index is 6.35. The fraction of sp³-hybridized carbons (Fsp3) is 0.412. The van der Waals surface area contributed by atoms with Crippen LogP contribution in [0.15, 0.2) is 0 Å². The van der Waals surface area contributed by atoms with Crippen LogP contribution in [-0.4, -0.2) is 14.2 Å². The van der Waals surface area contributed by atoms with Gasteiger partial charge in [-0.2, -0.15) is 0 Å². The van der Waals surface area contributed by atoms with E-state index in [-0.39, 0.29) is 0 Å². The second-order valence-corrected chi connectivity index (χ2v) is 8.72. The van der Waals surface area contributed by atoms with Crippen molar-refractivity contribution in [3.05, 3.63) is 30.9 Å². The Balaban J connectivity index is 2.25. The molecule has 1 aliphatic rings. The summed E-state index contributed by atoms with van der Waals surface area (Å²) in [5.41, 5.74) is 7.14. The van der Waals surface area contributed by atoms with Gasteiger partial charge in [-0.25, -0.2) is 0 Å². The molecular weight excluding hydrogens is 371 g/mol. The summed E-state index contributed by atoms with van der Waals surface area (Å²) in [7, 11) is 3.40. The fourth-order valence-corrected chi connectivity index (χ4v) is 5.57. The van der Waals surface area contributed by atoms with Crippen LogP contribution in [0.25, 0.3) is 11.1 Å². The summed E-state index contributed by atoms with van der Waals surface area (Å²) in [5, 5.41) is 1.78. The van der Waals surface area contributed by atoms with Crippen LogP contribution in [0.1, 0.15) is 41.5 Å². The summed E-state index contributed by atoms with van der Waals surface area (Å²) in [4.78, 5) is 0. The van der Waals surface area contributed by atoms with Crippen LogP contribution >= 0.6 is 45.9 Å². The first kappa shape index (κ1) is 17.2. The van der Waals surface area contributed by atoms with E-state index in [2.05, 4.69) is 13.8 Å². The zero-order valence-electron chi connectivity index (χ0n) is 13.5. The van der Waals surface area contributed by atoms with Crippen molar-refractivity contribution in [1.82, 2.24) is 0 Å². The molecule has 0 unspecified atom stereocenters. The Hall–Kier alpha value is -0.680. The molecule has 3 rings (SSSR count). The number of ether oxygens (including phenoxy) is 2. The molecule has 0 saturated heterocycles. The highest BCUT2D eigenvalue weighted by molar-refractivity contribution is 7.18. The predicted octanol–water partition coefficient (Wildman–Crippen LogP) is 6.85. The quantitative estimate of drug-likeness (QED) is 0.570. The first-order valence-corrected chi connectivity index (χ1v) is 9.77. The van der Waals surface area contributed by atoms with E-state index in [1.165, 1.54) is 33.8 Å². The standard InChI is InChI=1S/C17H18Cl2O2S2/c1-8-12(16(20-3)22-14(8)18)10-6-5-7-11(10)13-9(2)15(19)23-17(13)21-4/h5-7H2,1-4H3. The first-order chi connectivity index (χ1) is 11.0. The second-order valence-electron chi connectivity index (χ2n) is 5.55. The molecule has 0 fully saturated rings. The molecule has 0 atom stereocenters. The third-order valence-electron chi connectivity index (χ3n) is 4.30. The van der Waals surface area contributed by atoms with Gasteiger partial charge in [-0.3, -0.25) is 0 Å². The van der Waals surface area contributed by atoms with Crippen molar-refractivity contribution in [2.75, 3.05) is 14.2 Å². The molecule has 0 N–H and O–H groups in total. The normalized spacial score (nSPS) is 14.7. The van der Waals surface area contributed by atoms with Crippen molar-refractivity contribution < 1.29 is 9.47 Å². The number of thiophene rings is 2. The molecule has 6 heteroatoms. The highest BCUT2D eigenvalue weighted by Gasteiger charge is 2.28.